The fourth-order valence-electron chi connectivity index (χ4n) is 2.36. The van der Waals surface area contributed by atoms with Gasteiger partial charge in [-0.2, -0.15) is 0 Å². The van der Waals surface area contributed by atoms with Crippen LogP contribution < -0.4 is 14.8 Å². The van der Waals surface area contributed by atoms with E-state index in [1.807, 2.05) is 30.3 Å². The number of thiocarbonyl (C=S) groups is 1. The summed E-state index contributed by atoms with van der Waals surface area (Å²) in [6.45, 7) is 3.07. The SMILES string of the molecule is CC(COc1ccccc1)COc1ccc(Cl)cc1C=C1SC(=S)NC1=O. The molecule has 0 aromatic heterocycles. The second-order valence-corrected chi connectivity index (χ2v) is 8.23. The minimum absolute atomic E-state index is 0.179. The van der Waals surface area contributed by atoms with E-state index >= 15 is 0 Å². The van der Waals surface area contributed by atoms with Gasteiger partial charge in [0.15, 0.2) is 0 Å². The van der Waals surface area contributed by atoms with Crippen molar-refractivity contribution in [3.05, 3.63) is 64.0 Å². The molecule has 1 atom stereocenters. The molecule has 1 aliphatic heterocycles. The van der Waals surface area contributed by atoms with Crippen molar-refractivity contribution in [3.8, 4) is 11.5 Å². The summed E-state index contributed by atoms with van der Waals surface area (Å²) in [5, 5.41) is 3.17. The molecule has 0 spiro atoms. The van der Waals surface area contributed by atoms with Crippen LogP contribution in [0.5, 0.6) is 11.5 Å². The first-order valence-corrected chi connectivity index (χ1v) is 9.96. The molecule has 7 heteroatoms. The molecular formula is C20H18ClNO3S2. The molecule has 1 heterocycles. The fourth-order valence-corrected chi connectivity index (χ4v) is 3.58. The highest BCUT2D eigenvalue weighted by atomic mass is 35.5. The maximum absolute atomic E-state index is 11.9. The number of hydrogen-bond donors (Lipinski definition) is 1. The van der Waals surface area contributed by atoms with Crippen LogP contribution in [0.15, 0.2) is 53.4 Å². The molecule has 1 saturated heterocycles. The highest BCUT2D eigenvalue weighted by Gasteiger charge is 2.22. The van der Waals surface area contributed by atoms with Crippen molar-refractivity contribution in [1.29, 1.82) is 0 Å². The highest BCUT2D eigenvalue weighted by Crippen LogP contribution is 2.31. The number of thioether (sulfide) groups is 1. The molecule has 0 radical (unpaired) electrons. The zero-order valence-corrected chi connectivity index (χ0v) is 17.0. The summed E-state index contributed by atoms with van der Waals surface area (Å²) in [5.74, 6) is 1.46. The van der Waals surface area contributed by atoms with E-state index in [2.05, 4.69) is 12.2 Å². The smallest absolute Gasteiger partial charge is 0.263 e. The predicted molar refractivity (Wildman–Crippen MR) is 114 cm³/mol. The van der Waals surface area contributed by atoms with E-state index in [9.17, 15) is 4.79 Å². The quantitative estimate of drug-likeness (QED) is 0.509. The lowest BCUT2D eigenvalue weighted by molar-refractivity contribution is -0.115. The Balaban J connectivity index is 1.64. The van der Waals surface area contributed by atoms with Crippen LogP contribution in [0.2, 0.25) is 5.02 Å². The van der Waals surface area contributed by atoms with E-state index in [1.165, 1.54) is 11.8 Å². The Kier molecular flexibility index (Phi) is 6.77. The molecule has 1 N–H and O–H groups in total. The van der Waals surface area contributed by atoms with E-state index in [0.29, 0.717) is 33.2 Å². The molecule has 2 aromatic carbocycles. The van der Waals surface area contributed by atoms with Gasteiger partial charge in [0.2, 0.25) is 0 Å². The third-order valence-electron chi connectivity index (χ3n) is 3.70. The predicted octanol–water partition coefficient (Wildman–Crippen LogP) is 4.92. The lowest BCUT2D eigenvalue weighted by Gasteiger charge is -2.16. The van der Waals surface area contributed by atoms with Gasteiger partial charge in [-0.3, -0.25) is 4.79 Å². The van der Waals surface area contributed by atoms with E-state index < -0.39 is 0 Å². The van der Waals surface area contributed by atoms with Gasteiger partial charge in [-0.05, 0) is 36.4 Å². The molecule has 1 unspecified atom stereocenters. The number of para-hydroxylation sites is 1. The Labute approximate surface area is 172 Å². The number of amides is 1. The first-order chi connectivity index (χ1) is 13.0. The maximum atomic E-state index is 11.9. The van der Waals surface area contributed by atoms with E-state index in [0.717, 1.165) is 11.3 Å². The van der Waals surface area contributed by atoms with Crippen molar-refractivity contribution in [1.82, 2.24) is 5.32 Å². The Morgan fingerprint density at radius 2 is 1.93 bits per heavy atom. The molecule has 1 aliphatic rings. The van der Waals surface area contributed by atoms with Crippen molar-refractivity contribution >= 4 is 51.9 Å². The molecule has 0 bridgehead atoms. The summed E-state index contributed by atoms with van der Waals surface area (Å²) >= 11 is 12.4. The van der Waals surface area contributed by atoms with Crippen molar-refractivity contribution in [2.24, 2.45) is 5.92 Å². The van der Waals surface area contributed by atoms with Gasteiger partial charge in [-0.15, -0.1) is 0 Å². The number of rotatable bonds is 7. The first-order valence-electron chi connectivity index (χ1n) is 8.36. The van der Waals surface area contributed by atoms with Gasteiger partial charge >= 0.3 is 0 Å². The van der Waals surface area contributed by atoms with E-state index in [1.54, 1.807) is 24.3 Å². The Bertz CT molecular complexity index is 871. The van der Waals surface area contributed by atoms with Crippen LogP contribution in [0.3, 0.4) is 0 Å². The van der Waals surface area contributed by atoms with Crippen LogP contribution in [0.1, 0.15) is 12.5 Å². The molecule has 1 amide bonds. The molecular weight excluding hydrogens is 402 g/mol. The summed E-state index contributed by atoms with van der Waals surface area (Å²) in [5.41, 5.74) is 0.737. The summed E-state index contributed by atoms with van der Waals surface area (Å²) in [6.07, 6.45) is 1.74. The van der Waals surface area contributed by atoms with Crippen LogP contribution in [-0.2, 0) is 4.79 Å². The molecule has 4 nitrogen and oxygen atoms in total. The summed E-state index contributed by atoms with van der Waals surface area (Å²) in [7, 11) is 0. The number of carbonyl (C=O) groups excluding carboxylic acids is 1. The summed E-state index contributed by atoms with van der Waals surface area (Å²) in [6, 6.07) is 15.0. The molecule has 0 saturated carbocycles. The lowest BCUT2D eigenvalue weighted by atomic mass is 10.1. The Morgan fingerprint density at radius 1 is 1.19 bits per heavy atom. The van der Waals surface area contributed by atoms with Gasteiger partial charge in [0, 0.05) is 16.5 Å². The largest absolute Gasteiger partial charge is 0.493 e. The van der Waals surface area contributed by atoms with E-state index in [-0.39, 0.29) is 11.8 Å². The average Bonchev–Trinajstić information content (AvgIpc) is 2.97. The van der Waals surface area contributed by atoms with Crippen LogP contribution in [0.25, 0.3) is 6.08 Å². The van der Waals surface area contributed by atoms with Gasteiger partial charge in [-0.25, -0.2) is 0 Å². The van der Waals surface area contributed by atoms with Crippen molar-refractivity contribution in [3.63, 3.8) is 0 Å². The van der Waals surface area contributed by atoms with Crippen molar-refractivity contribution in [2.75, 3.05) is 13.2 Å². The monoisotopic (exact) mass is 419 g/mol. The normalized spacial score (nSPS) is 16.3. The highest BCUT2D eigenvalue weighted by molar-refractivity contribution is 8.26. The maximum Gasteiger partial charge on any atom is 0.263 e. The van der Waals surface area contributed by atoms with Gasteiger partial charge in [0.05, 0.1) is 18.1 Å². The van der Waals surface area contributed by atoms with Crippen LogP contribution in [0.4, 0.5) is 0 Å². The lowest BCUT2D eigenvalue weighted by Crippen LogP contribution is -2.18. The summed E-state index contributed by atoms with van der Waals surface area (Å²) < 4.78 is 12.2. The van der Waals surface area contributed by atoms with E-state index in [4.69, 9.17) is 33.3 Å². The first kappa shape index (κ1) is 19.7. The average molecular weight is 420 g/mol. The number of benzene rings is 2. The zero-order chi connectivity index (χ0) is 19.2. The van der Waals surface area contributed by atoms with Gasteiger partial charge in [-0.1, -0.05) is 60.7 Å². The molecule has 2 aromatic rings. The van der Waals surface area contributed by atoms with Crippen LogP contribution in [0, 0.1) is 5.92 Å². The van der Waals surface area contributed by atoms with Crippen molar-refractivity contribution in [2.45, 2.75) is 6.92 Å². The molecule has 140 valence electrons. The number of halogens is 1. The molecule has 0 aliphatic carbocycles. The van der Waals surface area contributed by atoms with Gasteiger partial charge in [0.25, 0.3) is 5.91 Å². The van der Waals surface area contributed by atoms with Gasteiger partial charge in [0.1, 0.15) is 15.8 Å². The minimum atomic E-state index is -0.208. The molecule has 27 heavy (non-hydrogen) atoms. The topological polar surface area (TPSA) is 47.6 Å². The van der Waals surface area contributed by atoms with Crippen LogP contribution >= 0.6 is 35.6 Å². The third kappa shape index (κ3) is 5.73. The Morgan fingerprint density at radius 3 is 2.63 bits per heavy atom. The molecule has 3 rings (SSSR count). The zero-order valence-electron chi connectivity index (χ0n) is 14.6. The number of hydrogen-bond acceptors (Lipinski definition) is 5. The third-order valence-corrected chi connectivity index (χ3v) is 5.10. The minimum Gasteiger partial charge on any atom is -0.493 e. The standard InChI is InChI=1S/C20H18ClNO3S2/c1-13(11-24-16-5-3-2-4-6-16)12-25-17-8-7-15(21)9-14(17)10-18-19(23)22-20(26)27-18/h2-10,13H,11-12H2,1H3,(H,22,23,26). The van der Waals surface area contributed by atoms with Crippen molar-refractivity contribution < 1.29 is 14.3 Å². The number of carbonyl (C=O) groups is 1. The second-order valence-electron chi connectivity index (χ2n) is 6.07. The summed E-state index contributed by atoms with van der Waals surface area (Å²) in [4.78, 5) is 12.4. The van der Waals surface area contributed by atoms with Gasteiger partial charge < -0.3 is 14.8 Å². The Hall–Kier alpha value is -2.02. The number of ether oxygens (including phenoxy) is 2. The second kappa shape index (κ2) is 9.26. The van der Waals surface area contributed by atoms with Crippen LogP contribution in [-0.4, -0.2) is 23.4 Å². The number of nitrogens with one attached hydrogen (secondary N) is 1. The fraction of sp³-hybridized carbons (Fsp3) is 0.200. The molecule has 1 fully saturated rings.